The summed E-state index contributed by atoms with van der Waals surface area (Å²) in [5.41, 5.74) is -0.903. The van der Waals surface area contributed by atoms with Gasteiger partial charge in [0.25, 0.3) is 5.56 Å². The summed E-state index contributed by atoms with van der Waals surface area (Å²) in [6, 6.07) is 0. The van der Waals surface area contributed by atoms with Crippen LogP contribution in [-0.2, 0) is 0 Å². The minimum absolute atomic E-state index is 0.315. The summed E-state index contributed by atoms with van der Waals surface area (Å²) in [7, 11) is 0. The maximum absolute atomic E-state index is 11.4. The average molecular weight is 298 g/mol. The minimum atomic E-state index is -1.25. The van der Waals surface area contributed by atoms with Gasteiger partial charge in [-0.2, -0.15) is 0 Å². The highest BCUT2D eigenvalue weighted by Gasteiger charge is 2.09. The van der Waals surface area contributed by atoms with Gasteiger partial charge in [-0.25, -0.2) is 9.78 Å². The van der Waals surface area contributed by atoms with E-state index in [0.717, 1.165) is 18.4 Å². The Morgan fingerprint density at radius 2 is 1.90 bits per heavy atom. The lowest BCUT2D eigenvalue weighted by molar-refractivity contribution is 0.0694. The van der Waals surface area contributed by atoms with Crippen LogP contribution in [0.4, 0.5) is 0 Å². The lowest BCUT2D eigenvalue weighted by atomic mass is 10.1. The van der Waals surface area contributed by atoms with Crippen molar-refractivity contribution in [1.82, 2.24) is 9.97 Å². The topological polar surface area (TPSA) is 83.0 Å². The molecule has 1 aromatic rings. The first-order valence-electron chi connectivity index (χ1n) is 7.10. The number of nitrogens with zero attached hydrogens (tertiary/aromatic N) is 1. The largest absolute Gasteiger partial charge is 0.477 e. The van der Waals surface area contributed by atoms with Gasteiger partial charge in [-0.15, -0.1) is 0 Å². The molecular weight excluding hydrogens is 276 g/mol. The molecule has 0 aliphatic heterocycles. The van der Waals surface area contributed by atoms with Crippen molar-refractivity contribution in [2.45, 2.75) is 57.0 Å². The monoisotopic (exact) mass is 298 g/mol. The third-order valence-corrected chi connectivity index (χ3v) is 3.97. The fourth-order valence-corrected chi connectivity index (χ4v) is 2.67. The number of rotatable bonds is 10. The molecule has 1 heterocycles. The highest BCUT2D eigenvalue weighted by atomic mass is 32.2. The molecule has 0 unspecified atom stereocenters. The third-order valence-electron chi connectivity index (χ3n) is 2.99. The van der Waals surface area contributed by atoms with Gasteiger partial charge in [-0.3, -0.25) is 4.79 Å². The zero-order chi connectivity index (χ0) is 14.8. The van der Waals surface area contributed by atoms with Crippen LogP contribution < -0.4 is 5.56 Å². The number of carboxylic acid groups (broad SMARTS) is 1. The summed E-state index contributed by atoms with van der Waals surface area (Å²) in [6.45, 7) is 2.21. The number of hydrogen-bond donors (Lipinski definition) is 2. The van der Waals surface area contributed by atoms with Crippen molar-refractivity contribution in [2.24, 2.45) is 0 Å². The van der Waals surface area contributed by atoms with Crippen LogP contribution >= 0.6 is 11.8 Å². The standard InChI is InChI=1S/C14H22N2O3S/c1-2-3-4-5-6-7-8-9-20-14-15-10-11(13(18)19)12(17)16-14/h10H,2-9H2,1H3,(H,18,19)(H,15,16,17). The molecule has 0 saturated heterocycles. The number of H-pyrrole nitrogens is 1. The first kappa shape index (κ1) is 16.8. The zero-order valence-electron chi connectivity index (χ0n) is 11.9. The quantitative estimate of drug-likeness (QED) is 0.393. The van der Waals surface area contributed by atoms with Crippen LogP contribution in [0.25, 0.3) is 0 Å². The van der Waals surface area contributed by atoms with E-state index >= 15 is 0 Å². The van der Waals surface area contributed by atoms with Gasteiger partial charge in [0.15, 0.2) is 5.16 Å². The second-order valence-corrected chi connectivity index (χ2v) is 5.79. The number of aromatic nitrogens is 2. The van der Waals surface area contributed by atoms with E-state index in [-0.39, 0.29) is 5.56 Å². The van der Waals surface area contributed by atoms with E-state index in [2.05, 4.69) is 16.9 Å². The molecule has 0 aliphatic carbocycles. The van der Waals surface area contributed by atoms with Gasteiger partial charge in [-0.1, -0.05) is 57.2 Å². The van der Waals surface area contributed by atoms with Crippen LogP contribution in [0.5, 0.6) is 0 Å². The molecule has 0 aliphatic rings. The van der Waals surface area contributed by atoms with Crippen molar-refractivity contribution in [3.05, 3.63) is 22.1 Å². The van der Waals surface area contributed by atoms with Gasteiger partial charge in [-0.05, 0) is 6.42 Å². The maximum atomic E-state index is 11.4. The fraction of sp³-hybridized carbons (Fsp3) is 0.643. The van der Waals surface area contributed by atoms with Crippen molar-refractivity contribution < 1.29 is 9.90 Å². The van der Waals surface area contributed by atoms with E-state index < -0.39 is 11.5 Å². The molecule has 112 valence electrons. The van der Waals surface area contributed by atoms with E-state index in [4.69, 9.17) is 5.11 Å². The lowest BCUT2D eigenvalue weighted by Crippen LogP contribution is -2.18. The number of aromatic amines is 1. The van der Waals surface area contributed by atoms with Crippen LogP contribution in [0.1, 0.15) is 62.2 Å². The molecular formula is C14H22N2O3S. The smallest absolute Gasteiger partial charge is 0.342 e. The number of nitrogens with one attached hydrogen (secondary N) is 1. The second-order valence-electron chi connectivity index (χ2n) is 4.71. The van der Waals surface area contributed by atoms with Crippen molar-refractivity contribution in [3.8, 4) is 0 Å². The van der Waals surface area contributed by atoms with E-state index in [0.29, 0.717) is 5.16 Å². The first-order valence-corrected chi connectivity index (χ1v) is 8.09. The van der Waals surface area contributed by atoms with E-state index in [9.17, 15) is 9.59 Å². The van der Waals surface area contributed by atoms with Crippen molar-refractivity contribution in [1.29, 1.82) is 0 Å². The minimum Gasteiger partial charge on any atom is -0.477 e. The second kappa shape index (κ2) is 9.58. The Morgan fingerprint density at radius 3 is 2.50 bits per heavy atom. The van der Waals surface area contributed by atoms with E-state index in [1.54, 1.807) is 0 Å². The number of aromatic carboxylic acids is 1. The highest BCUT2D eigenvalue weighted by Crippen LogP contribution is 2.15. The van der Waals surface area contributed by atoms with Crippen molar-refractivity contribution in [3.63, 3.8) is 0 Å². The Bertz CT molecular complexity index is 474. The average Bonchev–Trinajstić information content (AvgIpc) is 2.41. The summed E-state index contributed by atoms with van der Waals surface area (Å²) in [4.78, 5) is 28.5. The van der Waals surface area contributed by atoms with Crippen molar-refractivity contribution in [2.75, 3.05) is 5.75 Å². The van der Waals surface area contributed by atoms with Crippen molar-refractivity contribution >= 4 is 17.7 Å². The molecule has 20 heavy (non-hydrogen) atoms. The Hall–Kier alpha value is -1.30. The van der Waals surface area contributed by atoms with E-state index in [1.165, 1.54) is 50.3 Å². The number of hydrogen-bond acceptors (Lipinski definition) is 4. The summed E-state index contributed by atoms with van der Waals surface area (Å²) in [6.07, 6.45) is 9.83. The molecule has 0 bridgehead atoms. The summed E-state index contributed by atoms with van der Waals surface area (Å²) in [5.74, 6) is -0.356. The van der Waals surface area contributed by atoms with Gasteiger partial charge in [0.1, 0.15) is 5.56 Å². The van der Waals surface area contributed by atoms with E-state index in [1.807, 2.05) is 0 Å². The van der Waals surface area contributed by atoms with Crippen LogP contribution in [-0.4, -0.2) is 26.8 Å². The number of carbonyl (C=O) groups is 1. The highest BCUT2D eigenvalue weighted by molar-refractivity contribution is 7.99. The van der Waals surface area contributed by atoms with Crippen LogP contribution in [0.3, 0.4) is 0 Å². The first-order chi connectivity index (χ1) is 9.65. The normalized spacial score (nSPS) is 10.7. The van der Waals surface area contributed by atoms with Crippen LogP contribution in [0, 0.1) is 0 Å². The molecule has 1 aromatic heterocycles. The maximum Gasteiger partial charge on any atom is 0.342 e. The predicted molar refractivity (Wildman–Crippen MR) is 80.5 cm³/mol. The summed E-state index contributed by atoms with van der Waals surface area (Å²) < 4.78 is 0. The molecule has 0 radical (unpaired) electrons. The summed E-state index contributed by atoms with van der Waals surface area (Å²) >= 11 is 1.46. The number of unbranched alkanes of at least 4 members (excludes halogenated alkanes) is 6. The molecule has 0 saturated carbocycles. The fourth-order valence-electron chi connectivity index (χ4n) is 1.83. The Labute approximate surface area is 123 Å². The van der Waals surface area contributed by atoms with Gasteiger partial charge >= 0.3 is 5.97 Å². The molecule has 0 amide bonds. The lowest BCUT2D eigenvalue weighted by Gasteiger charge is -2.02. The number of thioether (sulfide) groups is 1. The van der Waals surface area contributed by atoms with Crippen LogP contribution in [0.2, 0.25) is 0 Å². The molecule has 5 nitrogen and oxygen atoms in total. The molecule has 0 aromatic carbocycles. The summed E-state index contributed by atoms with van der Waals surface area (Å²) in [5, 5.41) is 9.22. The Morgan fingerprint density at radius 1 is 1.25 bits per heavy atom. The zero-order valence-corrected chi connectivity index (χ0v) is 12.7. The predicted octanol–water partition coefficient (Wildman–Crippen LogP) is 3.31. The number of carboxylic acids is 1. The van der Waals surface area contributed by atoms with Gasteiger partial charge in [0.05, 0.1) is 0 Å². The van der Waals surface area contributed by atoms with Gasteiger partial charge in [0, 0.05) is 11.9 Å². The molecule has 6 heteroatoms. The van der Waals surface area contributed by atoms with Gasteiger partial charge < -0.3 is 10.1 Å². The Balaban J connectivity index is 2.21. The molecule has 2 N–H and O–H groups in total. The molecule has 0 spiro atoms. The molecule has 1 rings (SSSR count). The SMILES string of the molecule is CCCCCCCCCSc1ncc(C(=O)O)c(=O)[nH]1. The van der Waals surface area contributed by atoms with Crippen LogP contribution in [0.15, 0.2) is 16.1 Å². The Kier molecular flexibility index (Phi) is 8.02. The molecule has 0 atom stereocenters. The third kappa shape index (κ3) is 6.23. The molecule has 0 fully saturated rings. The van der Waals surface area contributed by atoms with Gasteiger partial charge in [0.2, 0.25) is 0 Å².